The zero-order valence-corrected chi connectivity index (χ0v) is 18.9. The Morgan fingerprint density at radius 1 is 1.12 bits per heavy atom. The molecule has 1 fully saturated rings. The average molecular weight is 465 g/mol. The lowest BCUT2D eigenvalue weighted by atomic mass is 10.1. The highest BCUT2D eigenvalue weighted by Gasteiger charge is 2.31. The zero-order valence-electron chi connectivity index (χ0n) is 17.3. The molecular weight excluding hydrogens is 444 g/mol. The number of carbonyl (C=O) groups excluding carboxylic acids is 2. The molecule has 1 atom stereocenters. The molecule has 0 aliphatic carbocycles. The highest BCUT2D eigenvalue weighted by molar-refractivity contribution is 8.15. The van der Waals surface area contributed by atoms with E-state index in [0.29, 0.717) is 25.3 Å². The van der Waals surface area contributed by atoms with Crippen LogP contribution in [0, 0.1) is 6.92 Å². The van der Waals surface area contributed by atoms with Gasteiger partial charge in [0.15, 0.2) is 0 Å². The molecule has 1 aliphatic rings. The third-order valence-corrected chi connectivity index (χ3v) is 7.30. The quantitative estimate of drug-likeness (QED) is 0.395. The van der Waals surface area contributed by atoms with Gasteiger partial charge in [0.05, 0.1) is 22.4 Å². The van der Waals surface area contributed by atoms with Gasteiger partial charge in [-0.3, -0.25) is 14.9 Å². The maximum Gasteiger partial charge on any atom is 0.286 e. The van der Waals surface area contributed by atoms with E-state index in [1.165, 1.54) is 5.39 Å². The second-order valence-electron chi connectivity index (χ2n) is 7.50. The molecule has 0 spiro atoms. The van der Waals surface area contributed by atoms with Crippen LogP contribution in [0.25, 0.3) is 21.5 Å². The first kappa shape index (κ1) is 20.8. The average Bonchev–Trinajstić information content (AvgIpc) is 3.46. The topological polar surface area (TPSA) is 81.4 Å². The van der Waals surface area contributed by atoms with E-state index in [1.54, 1.807) is 11.3 Å². The van der Waals surface area contributed by atoms with Crippen molar-refractivity contribution in [2.75, 3.05) is 6.61 Å². The van der Waals surface area contributed by atoms with E-state index in [0.717, 1.165) is 44.8 Å². The molecule has 3 heterocycles. The van der Waals surface area contributed by atoms with Crippen molar-refractivity contribution in [3.63, 3.8) is 0 Å². The lowest BCUT2D eigenvalue weighted by Gasteiger charge is -2.08. The van der Waals surface area contributed by atoms with Gasteiger partial charge in [-0.25, -0.2) is 4.98 Å². The van der Waals surface area contributed by atoms with Crippen molar-refractivity contribution in [2.24, 2.45) is 0 Å². The van der Waals surface area contributed by atoms with E-state index in [-0.39, 0.29) is 16.4 Å². The molecule has 32 heavy (non-hydrogen) atoms. The van der Waals surface area contributed by atoms with Crippen LogP contribution in [-0.4, -0.2) is 28.0 Å². The molecule has 2 aromatic carbocycles. The normalized spacial score (nSPS) is 16.0. The number of imide groups is 1. The molecule has 0 radical (unpaired) electrons. The Morgan fingerprint density at radius 2 is 1.94 bits per heavy atom. The molecule has 2 amide bonds. The Morgan fingerprint density at radius 3 is 2.72 bits per heavy atom. The number of hydrogen-bond donors (Lipinski definition) is 1. The summed E-state index contributed by atoms with van der Waals surface area (Å²) in [6.07, 6.45) is 1.15. The van der Waals surface area contributed by atoms with Gasteiger partial charge in [0.25, 0.3) is 5.24 Å². The highest BCUT2D eigenvalue weighted by atomic mass is 32.2. The standard InChI is InChI=1S/C24H20N2O4S2/c1-14-19(25-23(30-14)21-18-5-3-2-4-16(18)13-31-21)10-11-29-17-8-6-15(7-9-17)12-20-22(27)26-24(28)32-20/h2-9,13,20H,10-12H2,1H3,(H,26,27,28). The number of nitrogens with one attached hydrogen (secondary N) is 1. The van der Waals surface area contributed by atoms with Crippen LogP contribution in [0.5, 0.6) is 5.75 Å². The van der Waals surface area contributed by atoms with Crippen LogP contribution in [0.3, 0.4) is 0 Å². The Balaban J connectivity index is 1.19. The molecule has 5 rings (SSSR count). The van der Waals surface area contributed by atoms with Gasteiger partial charge in [-0.2, -0.15) is 0 Å². The minimum atomic E-state index is -0.362. The van der Waals surface area contributed by atoms with E-state index in [1.807, 2.05) is 43.3 Å². The number of benzene rings is 2. The fraction of sp³-hybridized carbons (Fsp3) is 0.208. The fourth-order valence-corrected chi connectivity index (χ4v) is 5.46. The molecule has 1 N–H and O–H groups in total. The number of amides is 2. The maximum absolute atomic E-state index is 11.7. The van der Waals surface area contributed by atoms with Crippen molar-refractivity contribution >= 4 is 45.0 Å². The predicted molar refractivity (Wildman–Crippen MR) is 126 cm³/mol. The molecule has 2 aromatic heterocycles. The molecule has 0 saturated carbocycles. The summed E-state index contributed by atoms with van der Waals surface area (Å²) in [6, 6.07) is 15.8. The van der Waals surface area contributed by atoms with Crippen molar-refractivity contribution in [1.82, 2.24) is 10.3 Å². The van der Waals surface area contributed by atoms with Gasteiger partial charge in [-0.05, 0) is 41.8 Å². The number of oxazole rings is 1. The van der Waals surface area contributed by atoms with Crippen LogP contribution in [0.15, 0.2) is 58.3 Å². The molecule has 4 aromatic rings. The van der Waals surface area contributed by atoms with Gasteiger partial charge in [-0.1, -0.05) is 48.2 Å². The first-order valence-corrected chi connectivity index (χ1v) is 12.0. The molecule has 8 heteroatoms. The number of carbonyl (C=O) groups is 2. The van der Waals surface area contributed by atoms with Crippen molar-refractivity contribution in [2.45, 2.75) is 25.0 Å². The molecule has 1 saturated heterocycles. The van der Waals surface area contributed by atoms with Gasteiger partial charge < -0.3 is 9.15 Å². The summed E-state index contributed by atoms with van der Waals surface area (Å²) in [4.78, 5) is 28.8. The van der Waals surface area contributed by atoms with E-state index < -0.39 is 0 Å². The van der Waals surface area contributed by atoms with Crippen LogP contribution in [0.1, 0.15) is 17.0 Å². The summed E-state index contributed by atoms with van der Waals surface area (Å²) in [7, 11) is 0. The van der Waals surface area contributed by atoms with E-state index in [4.69, 9.17) is 14.1 Å². The second kappa shape index (κ2) is 8.80. The number of fused-ring (bicyclic) bond motifs is 1. The van der Waals surface area contributed by atoms with Gasteiger partial charge >= 0.3 is 0 Å². The summed E-state index contributed by atoms with van der Waals surface area (Å²) in [5.74, 6) is 1.98. The third kappa shape index (κ3) is 4.28. The smallest absolute Gasteiger partial charge is 0.286 e. The van der Waals surface area contributed by atoms with E-state index in [9.17, 15) is 9.59 Å². The Bertz CT molecular complexity index is 1290. The first-order valence-electron chi connectivity index (χ1n) is 10.2. The van der Waals surface area contributed by atoms with Gasteiger partial charge in [0, 0.05) is 11.8 Å². The number of thiophene rings is 1. The highest BCUT2D eigenvalue weighted by Crippen LogP contribution is 2.35. The Labute approximate surface area is 193 Å². The van der Waals surface area contributed by atoms with Crippen molar-refractivity contribution < 1.29 is 18.7 Å². The van der Waals surface area contributed by atoms with Crippen LogP contribution in [0.2, 0.25) is 0 Å². The number of ether oxygens (including phenoxy) is 1. The predicted octanol–water partition coefficient (Wildman–Crippen LogP) is 5.38. The third-order valence-electron chi connectivity index (χ3n) is 5.32. The summed E-state index contributed by atoms with van der Waals surface area (Å²) in [5, 5.41) is 6.13. The zero-order chi connectivity index (χ0) is 22.1. The summed E-state index contributed by atoms with van der Waals surface area (Å²) >= 11 is 2.68. The monoisotopic (exact) mass is 464 g/mol. The van der Waals surface area contributed by atoms with Crippen molar-refractivity contribution in [3.05, 3.63) is 70.9 Å². The number of hydrogen-bond acceptors (Lipinski definition) is 7. The van der Waals surface area contributed by atoms with Crippen LogP contribution >= 0.6 is 23.1 Å². The number of thioether (sulfide) groups is 1. The largest absolute Gasteiger partial charge is 0.493 e. The molecule has 1 unspecified atom stereocenters. The van der Waals surface area contributed by atoms with Crippen molar-refractivity contribution in [1.29, 1.82) is 0 Å². The summed E-state index contributed by atoms with van der Waals surface area (Å²) in [5.41, 5.74) is 1.88. The van der Waals surface area contributed by atoms with Crippen LogP contribution in [0.4, 0.5) is 4.79 Å². The van der Waals surface area contributed by atoms with E-state index >= 15 is 0 Å². The number of aryl methyl sites for hydroxylation is 1. The first-order chi connectivity index (χ1) is 15.6. The second-order valence-corrected chi connectivity index (χ2v) is 9.56. The minimum absolute atomic E-state index is 0.224. The number of aromatic nitrogens is 1. The molecule has 1 aliphatic heterocycles. The van der Waals surface area contributed by atoms with Gasteiger partial charge in [0.2, 0.25) is 11.8 Å². The maximum atomic E-state index is 11.7. The Hall–Kier alpha value is -3.10. The van der Waals surface area contributed by atoms with Crippen LogP contribution < -0.4 is 10.1 Å². The van der Waals surface area contributed by atoms with Crippen molar-refractivity contribution in [3.8, 4) is 16.5 Å². The van der Waals surface area contributed by atoms with Crippen LogP contribution in [-0.2, 0) is 17.6 Å². The molecule has 6 nitrogen and oxygen atoms in total. The Kier molecular flexibility index (Phi) is 5.71. The molecule has 162 valence electrons. The minimum Gasteiger partial charge on any atom is -0.493 e. The SMILES string of the molecule is Cc1oc(-c2scc3ccccc23)nc1CCOc1ccc(CC2SC(=O)NC2=O)cc1. The summed E-state index contributed by atoms with van der Waals surface area (Å²) < 4.78 is 11.8. The number of nitrogens with zero attached hydrogens (tertiary/aromatic N) is 1. The van der Waals surface area contributed by atoms with Gasteiger partial charge in [0.1, 0.15) is 11.5 Å². The van der Waals surface area contributed by atoms with Gasteiger partial charge in [-0.15, -0.1) is 11.3 Å². The lowest BCUT2D eigenvalue weighted by molar-refractivity contribution is -0.118. The summed E-state index contributed by atoms with van der Waals surface area (Å²) in [6.45, 7) is 2.41. The number of rotatable bonds is 7. The lowest BCUT2D eigenvalue weighted by Crippen LogP contribution is -2.25. The molecular formula is C24H20N2O4S2. The fourth-order valence-electron chi connectivity index (χ4n) is 3.64. The molecule has 0 bridgehead atoms. The van der Waals surface area contributed by atoms with E-state index in [2.05, 4.69) is 22.8 Å².